The molecule has 0 saturated heterocycles. The molecule has 3 N–H and O–H groups in total. The van der Waals surface area contributed by atoms with Gasteiger partial charge in [-0.3, -0.25) is 0 Å². The van der Waals surface area contributed by atoms with E-state index in [4.69, 9.17) is 5.73 Å². The van der Waals surface area contributed by atoms with Gasteiger partial charge in [-0.25, -0.2) is 8.78 Å². The van der Waals surface area contributed by atoms with Crippen molar-refractivity contribution in [3.05, 3.63) is 51.6 Å². The van der Waals surface area contributed by atoms with E-state index in [2.05, 4.69) is 5.32 Å². The van der Waals surface area contributed by atoms with Crippen LogP contribution in [0.2, 0.25) is 0 Å². The molecule has 17 heavy (non-hydrogen) atoms. The van der Waals surface area contributed by atoms with Gasteiger partial charge in [-0.15, -0.1) is 0 Å². The van der Waals surface area contributed by atoms with Crippen molar-refractivity contribution in [2.24, 2.45) is 0 Å². The third-order valence-electron chi connectivity index (χ3n) is 2.24. The molecule has 0 saturated carbocycles. The molecule has 0 spiro atoms. The summed E-state index contributed by atoms with van der Waals surface area (Å²) in [6.45, 7) is 0. The standard InChI is InChI=1S/C12H9F2IN2/c13-7-3-1-2-4-11(7)17-12-5-8(14)9(15)6-10(12)16/h1-6,17H,16H2. The van der Waals surface area contributed by atoms with Crippen LogP contribution in [0.25, 0.3) is 0 Å². The van der Waals surface area contributed by atoms with Crippen LogP contribution >= 0.6 is 22.6 Å². The number of nitrogens with two attached hydrogens (primary N) is 1. The summed E-state index contributed by atoms with van der Waals surface area (Å²) in [5, 5.41) is 2.77. The number of hydrogen-bond acceptors (Lipinski definition) is 2. The first-order valence-electron chi connectivity index (χ1n) is 4.84. The van der Waals surface area contributed by atoms with E-state index in [1.54, 1.807) is 18.2 Å². The van der Waals surface area contributed by atoms with Crippen LogP contribution in [-0.2, 0) is 0 Å². The summed E-state index contributed by atoms with van der Waals surface area (Å²) < 4.78 is 27.2. The van der Waals surface area contributed by atoms with Gasteiger partial charge in [0.2, 0.25) is 0 Å². The van der Waals surface area contributed by atoms with Gasteiger partial charge < -0.3 is 11.1 Å². The summed E-state index contributed by atoms with van der Waals surface area (Å²) in [5.74, 6) is -0.801. The lowest BCUT2D eigenvalue weighted by Crippen LogP contribution is -2.00. The van der Waals surface area contributed by atoms with Crippen molar-refractivity contribution in [3.63, 3.8) is 0 Å². The molecule has 2 rings (SSSR count). The Hall–Kier alpha value is -1.37. The van der Waals surface area contributed by atoms with Crippen molar-refractivity contribution < 1.29 is 8.78 Å². The maximum Gasteiger partial charge on any atom is 0.146 e. The Morgan fingerprint density at radius 3 is 2.41 bits per heavy atom. The molecule has 0 aliphatic heterocycles. The van der Waals surface area contributed by atoms with E-state index in [9.17, 15) is 8.78 Å². The van der Waals surface area contributed by atoms with Gasteiger partial charge >= 0.3 is 0 Å². The number of para-hydroxylation sites is 1. The third kappa shape index (κ3) is 2.66. The van der Waals surface area contributed by atoms with Crippen molar-refractivity contribution >= 4 is 39.7 Å². The van der Waals surface area contributed by atoms with Gasteiger partial charge in [0.1, 0.15) is 11.6 Å². The van der Waals surface area contributed by atoms with Gasteiger partial charge in [-0.05, 0) is 40.8 Å². The predicted octanol–water partition coefficient (Wildman–Crippen LogP) is 3.90. The van der Waals surface area contributed by atoms with Crippen molar-refractivity contribution in [2.45, 2.75) is 0 Å². The number of nitrogen functional groups attached to an aromatic ring is 1. The Morgan fingerprint density at radius 1 is 1.00 bits per heavy atom. The minimum atomic E-state index is -0.411. The molecule has 0 heterocycles. The molecular formula is C12H9F2IN2. The molecule has 0 aromatic heterocycles. The van der Waals surface area contributed by atoms with Crippen LogP contribution in [0.4, 0.5) is 25.8 Å². The normalized spacial score (nSPS) is 10.3. The summed E-state index contributed by atoms with van der Waals surface area (Å²) in [4.78, 5) is 0. The number of anilines is 3. The molecule has 0 radical (unpaired) electrons. The fourth-order valence-corrected chi connectivity index (χ4v) is 1.87. The van der Waals surface area contributed by atoms with E-state index < -0.39 is 11.6 Å². The number of benzene rings is 2. The van der Waals surface area contributed by atoms with Crippen LogP contribution in [0.1, 0.15) is 0 Å². The molecule has 0 atom stereocenters. The second-order valence-electron chi connectivity index (χ2n) is 3.46. The predicted molar refractivity (Wildman–Crippen MR) is 73.2 cm³/mol. The minimum Gasteiger partial charge on any atom is -0.397 e. The minimum absolute atomic E-state index is 0.264. The van der Waals surface area contributed by atoms with E-state index >= 15 is 0 Å². The van der Waals surface area contributed by atoms with Crippen molar-refractivity contribution in [3.8, 4) is 0 Å². The van der Waals surface area contributed by atoms with Gasteiger partial charge in [-0.2, -0.15) is 0 Å². The highest BCUT2D eigenvalue weighted by atomic mass is 127. The zero-order valence-corrected chi connectivity index (χ0v) is 10.8. The zero-order valence-electron chi connectivity index (χ0n) is 8.68. The van der Waals surface area contributed by atoms with Gasteiger partial charge in [0.15, 0.2) is 0 Å². The quantitative estimate of drug-likeness (QED) is 0.640. The summed E-state index contributed by atoms with van der Waals surface area (Å²) in [5.41, 5.74) is 6.72. The summed E-state index contributed by atoms with van der Waals surface area (Å²) in [7, 11) is 0. The molecule has 0 aliphatic carbocycles. The van der Waals surface area contributed by atoms with Gasteiger partial charge in [0.25, 0.3) is 0 Å². The Balaban J connectivity index is 2.37. The SMILES string of the molecule is Nc1cc(I)c(F)cc1Nc1ccccc1F. The summed E-state index contributed by atoms with van der Waals surface area (Å²) in [6.07, 6.45) is 0. The Morgan fingerprint density at radius 2 is 1.71 bits per heavy atom. The highest BCUT2D eigenvalue weighted by molar-refractivity contribution is 14.1. The molecule has 0 unspecified atom stereocenters. The fraction of sp³-hybridized carbons (Fsp3) is 0. The Bertz CT molecular complexity index is 558. The second-order valence-corrected chi connectivity index (χ2v) is 4.62. The molecule has 0 bridgehead atoms. The first-order valence-corrected chi connectivity index (χ1v) is 5.92. The average Bonchev–Trinajstić information content (AvgIpc) is 2.29. The van der Waals surface area contributed by atoms with Crippen LogP contribution in [0.3, 0.4) is 0 Å². The number of halogens is 3. The topological polar surface area (TPSA) is 38.0 Å². The van der Waals surface area contributed by atoms with E-state index in [1.165, 1.54) is 18.2 Å². The molecular weight excluding hydrogens is 337 g/mol. The van der Waals surface area contributed by atoms with E-state index in [1.807, 2.05) is 22.6 Å². The van der Waals surface area contributed by atoms with E-state index in [0.29, 0.717) is 14.9 Å². The van der Waals surface area contributed by atoms with Crippen molar-refractivity contribution in [1.29, 1.82) is 0 Å². The maximum atomic E-state index is 13.4. The summed E-state index contributed by atoms with van der Waals surface area (Å²) >= 11 is 1.85. The highest BCUT2D eigenvalue weighted by Gasteiger charge is 2.08. The molecule has 0 fully saturated rings. The summed E-state index contributed by atoms with van der Waals surface area (Å²) in [6, 6.07) is 8.90. The number of nitrogens with one attached hydrogen (secondary N) is 1. The number of hydrogen-bond donors (Lipinski definition) is 2. The van der Waals surface area contributed by atoms with Gasteiger partial charge in [0.05, 0.1) is 20.6 Å². The molecule has 2 aromatic rings. The highest BCUT2D eigenvalue weighted by Crippen LogP contribution is 2.28. The molecule has 2 nitrogen and oxygen atoms in total. The van der Waals surface area contributed by atoms with Crippen LogP contribution in [0.5, 0.6) is 0 Å². The molecule has 0 aliphatic rings. The second kappa shape index (κ2) is 4.87. The third-order valence-corrected chi connectivity index (χ3v) is 3.06. The van der Waals surface area contributed by atoms with Gasteiger partial charge in [0, 0.05) is 6.07 Å². The lowest BCUT2D eigenvalue weighted by atomic mass is 10.2. The van der Waals surface area contributed by atoms with Crippen LogP contribution in [0.15, 0.2) is 36.4 Å². The molecule has 5 heteroatoms. The maximum absolute atomic E-state index is 13.4. The first-order chi connectivity index (χ1) is 8.08. The largest absolute Gasteiger partial charge is 0.397 e. The fourth-order valence-electron chi connectivity index (χ4n) is 1.38. The first kappa shape index (κ1) is 12.1. The lowest BCUT2D eigenvalue weighted by molar-refractivity contribution is 0.620. The smallest absolute Gasteiger partial charge is 0.146 e. The average molecular weight is 346 g/mol. The molecule has 88 valence electrons. The van der Waals surface area contributed by atoms with Crippen molar-refractivity contribution in [2.75, 3.05) is 11.1 Å². The Labute approximate surface area is 111 Å². The van der Waals surface area contributed by atoms with E-state index in [-0.39, 0.29) is 5.69 Å². The van der Waals surface area contributed by atoms with Crippen LogP contribution in [0, 0.1) is 15.2 Å². The lowest BCUT2D eigenvalue weighted by Gasteiger charge is -2.10. The zero-order chi connectivity index (χ0) is 12.4. The molecule has 2 aromatic carbocycles. The molecule has 0 amide bonds. The van der Waals surface area contributed by atoms with Gasteiger partial charge in [-0.1, -0.05) is 12.1 Å². The van der Waals surface area contributed by atoms with Crippen LogP contribution in [-0.4, -0.2) is 0 Å². The van der Waals surface area contributed by atoms with Crippen LogP contribution < -0.4 is 11.1 Å². The Kier molecular flexibility index (Phi) is 3.46. The monoisotopic (exact) mass is 346 g/mol. The van der Waals surface area contributed by atoms with E-state index in [0.717, 1.165) is 0 Å². The number of rotatable bonds is 2. The van der Waals surface area contributed by atoms with Crippen molar-refractivity contribution in [1.82, 2.24) is 0 Å².